The zero-order chi connectivity index (χ0) is 41.9. The summed E-state index contributed by atoms with van der Waals surface area (Å²) < 4.78 is 24.4. The van der Waals surface area contributed by atoms with Crippen LogP contribution in [0.1, 0.15) is 51.3 Å². The van der Waals surface area contributed by atoms with Crippen LogP contribution in [0.5, 0.6) is 23.0 Å². The smallest absolute Gasteiger partial charge is 0.349 e. The number of hydrogen-bond donors (Lipinski definition) is 0. The van der Waals surface area contributed by atoms with Crippen LogP contribution < -0.4 is 24.9 Å². The van der Waals surface area contributed by atoms with Crippen molar-refractivity contribution in [3.05, 3.63) is 162 Å². The molecule has 1 atom stereocenters. The second-order valence-electron chi connectivity index (χ2n) is 14.4. The van der Waals surface area contributed by atoms with E-state index >= 15 is 0 Å². The molecule has 1 saturated heterocycles. The van der Waals surface area contributed by atoms with E-state index in [-0.39, 0.29) is 22.8 Å². The summed E-state index contributed by atoms with van der Waals surface area (Å²) in [6.07, 6.45) is 0. The molecule has 1 fully saturated rings. The molecule has 0 bridgehead atoms. The fourth-order valence-electron chi connectivity index (χ4n) is 8.25. The van der Waals surface area contributed by atoms with E-state index in [1.165, 1.54) is 6.07 Å². The zero-order valence-corrected chi connectivity index (χ0v) is 32.3. The van der Waals surface area contributed by atoms with Gasteiger partial charge in [-0.25, -0.2) is 9.59 Å². The number of anilines is 2. The second-order valence-corrected chi connectivity index (χ2v) is 14.4. The minimum atomic E-state index is -1.41. The number of ether oxygens (including phenoxy) is 3. The van der Waals surface area contributed by atoms with Crippen LogP contribution in [0, 0.1) is 20.2 Å². The zero-order valence-electron chi connectivity index (χ0n) is 32.3. The molecule has 1 spiro atoms. The third-order valence-corrected chi connectivity index (χ3v) is 11.3. The van der Waals surface area contributed by atoms with Gasteiger partial charge in [0.05, 0.1) is 21.5 Å². The number of hydrogen-bond acceptors (Lipinski definition) is 13. The number of carbonyl (C=O) groups excluding carboxylic acids is 2. The highest BCUT2D eigenvalue weighted by molar-refractivity contribution is 5.98. The molecule has 4 heterocycles. The highest BCUT2D eigenvalue weighted by Crippen LogP contribution is 2.57. The molecule has 9 rings (SSSR count). The van der Waals surface area contributed by atoms with Gasteiger partial charge in [-0.15, -0.1) is 0 Å². The molecule has 3 aliphatic heterocycles. The predicted octanol–water partition coefficient (Wildman–Crippen LogP) is 7.78. The number of piperazine rings is 1. The van der Waals surface area contributed by atoms with E-state index < -0.39 is 44.3 Å². The first-order chi connectivity index (χ1) is 29.0. The molecule has 60 heavy (non-hydrogen) atoms. The topological polar surface area (TPSA) is 188 Å². The summed E-state index contributed by atoms with van der Waals surface area (Å²) in [5, 5.41) is 23.8. The summed E-state index contributed by atoms with van der Waals surface area (Å²) >= 11 is 0. The average Bonchev–Trinajstić information content (AvgIpc) is 3.55. The van der Waals surface area contributed by atoms with Gasteiger partial charge >= 0.3 is 17.3 Å². The van der Waals surface area contributed by atoms with E-state index in [2.05, 4.69) is 9.80 Å². The normalized spacial score (nSPS) is 16.4. The molecule has 16 nitrogen and oxygen atoms in total. The predicted molar refractivity (Wildman–Crippen MR) is 219 cm³/mol. The molecule has 1 amide bonds. The van der Waals surface area contributed by atoms with Crippen molar-refractivity contribution in [1.29, 1.82) is 0 Å². The first-order valence-corrected chi connectivity index (χ1v) is 19.3. The first kappa shape index (κ1) is 37.8. The van der Waals surface area contributed by atoms with Crippen molar-refractivity contribution in [3.63, 3.8) is 0 Å². The Hall–Kier alpha value is -7.75. The number of amides is 1. The molecule has 3 aliphatic rings. The largest absolute Gasteiger partial charge is 0.456 e. The Labute approximate surface area is 341 Å². The lowest BCUT2D eigenvalue weighted by Crippen LogP contribution is -2.49. The van der Waals surface area contributed by atoms with Gasteiger partial charge in [-0.3, -0.25) is 25.0 Å². The summed E-state index contributed by atoms with van der Waals surface area (Å²) in [4.78, 5) is 67.7. The molecule has 302 valence electrons. The fourth-order valence-corrected chi connectivity index (χ4v) is 8.25. The van der Waals surface area contributed by atoms with Crippen LogP contribution in [0.15, 0.2) is 112 Å². The van der Waals surface area contributed by atoms with Crippen molar-refractivity contribution in [3.8, 4) is 23.0 Å². The third-order valence-electron chi connectivity index (χ3n) is 11.3. The van der Waals surface area contributed by atoms with Crippen LogP contribution >= 0.6 is 0 Å². The lowest BCUT2D eigenvalue weighted by molar-refractivity contribution is -0.394. The lowest BCUT2D eigenvalue weighted by atomic mass is 9.77. The van der Waals surface area contributed by atoms with E-state index in [1.807, 2.05) is 62.4 Å². The lowest BCUT2D eigenvalue weighted by Gasteiger charge is -2.39. The van der Waals surface area contributed by atoms with Crippen molar-refractivity contribution in [2.24, 2.45) is 0 Å². The van der Waals surface area contributed by atoms with Crippen molar-refractivity contribution in [2.45, 2.75) is 19.4 Å². The SMILES string of the molecule is CCN(CC)c1ccc2cc(C(=O)N3CCN(c4ccc5c(c4)Oc4cc(Oc6ccc([N+](=O)[O-])cc6[N+](=O)[O-])ccc4C54OC(=O)c5ccccc54)CC3)c(=O)oc2c1. The molecular formula is C44H35N5O11. The molecule has 16 heteroatoms. The van der Waals surface area contributed by atoms with E-state index in [1.54, 1.807) is 35.2 Å². The van der Waals surface area contributed by atoms with Gasteiger partial charge in [-0.05, 0) is 68.4 Å². The number of fused-ring (bicyclic) bond motifs is 7. The number of nitro groups is 2. The van der Waals surface area contributed by atoms with Gasteiger partial charge in [-0.1, -0.05) is 18.2 Å². The maximum absolute atomic E-state index is 13.7. The minimum absolute atomic E-state index is 0.0318. The Balaban J connectivity index is 1.00. The average molecular weight is 810 g/mol. The Morgan fingerprint density at radius 1 is 0.800 bits per heavy atom. The molecule has 1 unspecified atom stereocenters. The Kier molecular flexibility index (Phi) is 9.18. The highest BCUT2D eigenvalue weighted by Gasteiger charge is 2.53. The molecule has 5 aromatic carbocycles. The van der Waals surface area contributed by atoms with Crippen molar-refractivity contribution in [1.82, 2.24) is 4.90 Å². The number of carbonyl (C=O) groups is 2. The van der Waals surface area contributed by atoms with Gasteiger partial charge in [0.15, 0.2) is 5.60 Å². The van der Waals surface area contributed by atoms with Gasteiger partial charge in [0, 0.05) is 97.0 Å². The number of nitrogens with zero attached hydrogens (tertiary/aromatic N) is 5. The van der Waals surface area contributed by atoms with Gasteiger partial charge in [-0.2, -0.15) is 0 Å². The summed E-state index contributed by atoms with van der Waals surface area (Å²) in [5.74, 6) is -0.409. The monoisotopic (exact) mass is 809 g/mol. The van der Waals surface area contributed by atoms with Crippen molar-refractivity contribution < 1.29 is 38.1 Å². The Morgan fingerprint density at radius 3 is 2.27 bits per heavy atom. The number of benzene rings is 5. The number of esters is 1. The quantitative estimate of drug-likeness (QED) is 0.0597. The maximum Gasteiger partial charge on any atom is 0.349 e. The summed E-state index contributed by atoms with van der Waals surface area (Å²) in [7, 11) is 0. The second kappa shape index (κ2) is 14.6. The molecule has 0 radical (unpaired) electrons. The van der Waals surface area contributed by atoms with Crippen LogP contribution in [-0.4, -0.2) is 65.9 Å². The first-order valence-electron chi connectivity index (χ1n) is 19.3. The van der Waals surface area contributed by atoms with E-state index in [0.717, 1.165) is 42.7 Å². The molecule has 1 aromatic heterocycles. The van der Waals surface area contributed by atoms with Gasteiger partial charge in [0.2, 0.25) is 5.75 Å². The van der Waals surface area contributed by atoms with E-state index in [9.17, 15) is 34.6 Å². The van der Waals surface area contributed by atoms with Crippen molar-refractivity contribution >= 4 is 45.6 Å². The van der Waals surface area contributed by atoms with Crippen molar-refractivity contribution in [2.75, 3.05) is 49.1 Å². The number of non-ortho nitro benzene ring substituents is 1. The number of nitro benzene ring substituents is 2. The molecular weight excluding hydrogens is 775 g/mol. The van der Waals surface area contributed by atoms with Crippen LogP contribution in [-0.2, 0) is 10.3 Å². The van der Waals surface area contributed by atoms with E-state index in [4.69, 9.17) is 18.6 Å². The molecule has 6 aromatic rings. The molecule has 0 aliphatic carbocycles. The number of rotatable bonds is 9. The van der Waals surface area contributed by atoms with E-state index in [0.29, 0.717) is 65.2 Å². The van der Waals surface area contributed by atoms with Gasteiger partial charge < -0.3 is 33.3 Å². The highest BCUT2D eigenvalue weighted by atomic mass is 16.6. The summed E-state index contributed by atoms with van der Waals surface area (Å²) in [6.45, 7) is 7.20. The Bertz CT molecular complexity index is 2850. The third kappa shape index (κ3) is 6.20. The Morgan fingerprint density at radius 2 is 1.53 bits per heavy atom. The molecule has 0 N–H and O–H groups in total. The van der Waals surface area contributed by atoms with Gasteiger partial charge in [0.1, 0.15) is 28.4 Å². The van der Waals surface area contributed by atoms with Crippen LogP contribution in [0.3, 0.4) is 0 Å². The van der Waals surface area contributed by atoms with Crippen LogP contribution in [0.25, 0.3) is 11.0 Å². The van der Waals surface area contributed by atoms with Gasteiger partial charge in [0.25, 0.3) is 11.6 Å². The maximum atomic E-state index is 13.7. The van der Waals surface area contributed by atoms with Crippen LogP contribution in [0.4, 0.5) is 22.7 Å². The minimum Gasteiger partial charge on any atom is -0.456 e. The molecule has 0 saturated carbocycles. The standard InChI is InChI=1S/C44H35N5O11/c1-3-45(4-2)27-10-9-26-21-32(42(51)59-38(26)23-27)41(50)47-19-17-46(18-20-47)28-11-14-34-39(24-28)58-40-25-30(57-37-16-12-29(48(53)54)22-36(37)49(55)56)13-15-35(40)44(34)33-8-6-5-7-31(33)43(52)60-44/h5-16,21-25H,3-4,17-20H2,1-2H3. The summed E-state index contributed by atoms with van der Waals surface area (Å²) in [5.41, 5.74) is 0.948. The summed E-state index contributed by atoms with van der Waals surface area (Å²) in [6, 6.07) is 27.6. The fraction of sp³-hybridized carbons (Fsp3) is 0.205. The van der Waals surface area contributed by atoms with Crippen LogP contribution in [0.2, 0.25) is 0 Å².